The van der Waals surface area contributed by atoms with Gasteiger partial charge in [0.1, 0.15) is 0 Å². The number of anilines is 4. The van der Waals surface area contributed by atoms with Gasteiger partial charge < -0.3 is 10.6 Å². The quantitative estimate of drug-likeness (QED) is 0.354. The topological polar surface area (TPSA) is 98.8 Å². The van der Waals surface area contributed by atoms with Crippen LogP contribution in [0.25, 0.3) is 0 Å². The molecule has 2 saturated heterocycles. The number of fused-ring (bicyclic) bond motifs is 9. The minimum absolute atomic E-state index is 0.121. The van der Waals surface area contributed by atoms with Crippen molar-refractivity contribution in [1.82, 2.24) is 4.90 Å². The zero-order valence-electron chi connectivity index (χ0n) is 24.5. The third kappa shape index (κ3) is 3.97. The summed E-state index contributed by atoms with van der Waals surface area (Å²) in [7, 11) is 0. The molecule has 5 fully saturated rings. The standard InChI is InChI=1S/C37H32N4O4/c42-31-19-27-26-18-28(32(27)35(43)40(31)23-13-11-22(12-14-23)38-20-7-3-1-4-8-20)34-33(26)36(44)41(37(34)45)30-16-15-29(24-17-25(24)30)39-21-9-5-2-6-10-21/h1-16,24-28,32-34,38-39H,17-19H2. The summed E-state index contributed by atoms with van der Waals surface area (Å²) in [6.45, 7) is 0. The van der Waals surface area contributed by atoms with Crippen LogP contribution in [0.4, 0.5) is 22.7 Å². The molecule has 2 N–H and O–H groups in total. The van der Waals surface area contributed by atoms with Crippen LogP contribution in [0.1, 0.15) is 19.3 Å². The van der Waals surface area contributed by atoms with Gasteiger partial charge in [0.15, 0.2) is 0 Å². The number of benzene rings is 3. The number of allylic oxidation sites excluding steroid dienone is 4. The Labute approximate surface area is 260 Å². The number of carbonyl (C=O) groups is 4. The van der Waals surface area contributed by atoms with E-state index in [2.05, 4.69) is 10.6 Å². The summed E-state index contributed by atoms with van der Waals surface area (Å²) >= 11 is 0. The minimum atomic E-state index is -0.494. The lowest BCUT2D eigenvalue weighted by Gasteiger charge is -2.41. The second-order valence-corrected chi connectivity index (χ2v) is 13.3. The maximum absolute atomic E-state index is 14.0. The third-order valence-corrected chi connectivity index (χ3v) is 11.0. The average molecular weight is 597 g/mol. The van der Waals surface area contributed by atoms with E-state index < -0.39 is 17.8 Å². The molecule has 0 aromatic heterocycles. The third-order valence-electron chi connectivity index (χ3n) is 11.0. The molecule has 2 aliphatic heterocycles. The van der Waals surface area contributed by atoms with Crippen molar-refractivity contribution in [2.45, 2.75) is 19.3 Å². The molecule has 3 aromatic rings. The van der Waals surface area contributed by atoms with E-state index in [0.29, 0.717) is 12.1 Å². The van der Waals surface area contributed by atoms with Crippen molar-refractivity contribution in [1.29, 1.82) is 0 Å². The molecule has 224 valence electrons. The second kappa shape index (κ2) is 9.76. The van der Waals surface area contributed by atoms with Crippen LogP contribution in [0, 0.1) is 47.3 Å². The average Bonchev–Trinajstić information content (AvgIpc) is 3.57. The number of para-hydroxylation sites is 2. The molecule has 8 unspecified atom stereocenters. The van der Waals surface area contributed by atoms with Gasteiger partial charge in [-0.3, -0.25) is 29.0 Å². The Morgan fingerprint density at radius 2 is 1.13 bits per heavy atom. The molecule has 4 amide bonds. The van der Waals surface area contributed by atoms with Crippen LogP contribution >= 0.6 is 0 Å². The Balaban J connectivity index is 0.951. The summed E-state index contributed by atoms with van der Waals surface area (Å²) in [5.74, 6) is -2.28. The number of hydrogen-bond donors (Lipinski definition) is 2. The minimum Gasteiger partial charge on any atom is -0.359 e. The first-order valence-corrected chi connectivity index (χ1v) is 15.9. The van der Waals surface area contributed by atoms with Gasteiger partial charge in [0.05, 0.1) is 17.5 Å². The maximum atomic E-state index is 14.0. The van der Waals surface area contributed by atoms with Crippen molar-refractivity contribution >= 4 is 46.4 Å². The fourth-order valence-electron chi connectivity index (χ4n) is 9.08. The first-order chi connectivity index (χ1) is 22.0. The molecule has 2 heterocycles. The van der Waals surface area contributed by atoms with Crippen molar-refractivity contribution in [3.05, 3.63) is 108 Å². The van der Waals surface area contributed by atoms with Gasteiger partial charge in [-0.15, -0.1) is 0 Å². The predicted octanol–water partition coefficient (Wildman–Crippen LogP) is 5.71. The first kappa shape index (κ1) is 26.4. The molecule has 2 bridgehead atoms. The number of rotatable bonds is 6. The monoisotopic (exact) mass is 596 g/mol. The van der Waals surface area contributed by atoms with Crippen LogP contribution in [0.3, 0.4) is 0 Å². The lowest BCUT2D eigenvalue weighted by molar-refractivity contribution is -0.141. The van der Waals surface area contributed by atoms with Gasteiger partial charge in [0.2, 0.25) is 23.6 Å². The highest BCUT2D eigenvalue weighted by Crippen LogP contribution is 2.65. The number of nitrogens with zero attached hydrogens (tertiary/aromatic N) is 2. The summed E-state index contributed by atoms with van der Waals surface area (Å²) in [6, 6.07) is 27.1. The van der Waals surface area contributed by atoms with Crippen molar-refractivity contribution in [3.63, 3.8) is 0 Å². The second-order valence-electron chi connectivity index (χ2n) is 13.3. The number of nitrogens with one attached hydrogen (secondary N) is 2. The number of piperidine rings is 1. The van der Waals surface area contributed by atoms with E-state index in [4.69, 9.17) is 0 Å². The summed E-state index contributed by atoms with van der Waals surface area (Å²) in [5, 5.41) is 6.82. The lowest BCUT2D eigenvalue weighted by Crippen LogP contribution is -2.54. The number of hydrogen-bond acceptors (Lipinski definition) is 6. The van der Waals surface area contributed by atoms with Crippen LogP contribution in [0.2, 0.25) is 0 Å². The number of imide groups is 2. The molecule has 45 heavy (non-hydrogen) atoms. The van der Waals surface area contributed by atoms with Gasteiger partial charge in [-0.2, -0.15) is 0 Å². The Kier molecular flexibility index (Phi) is 5.73. The fourth-order valence-corrected chi connectivity index (χ4v) is 9.08. The van der Waals surface area contributed by atoms with Crippen molar-refractivity contribution in [2.75, 3.05) is 15.5 Å². The molecule has 4 aliphatic carbocycles. The van der Waals surface area contributed by atoms with E-state index in [1.165, 1.54) is 9.80 Å². The van der Waals surface area contributed by atoms with E-state index in [0.717, 1.165) is 34.9 Å². The van der Waals surface area contributed by atoms with Crippen LogP contribution in [-0.4, -0.2) is 28.5 Å². The number of likely N-dealkylation sites (tertiary alicyclic amines) is 1. The molecular weight excluding hydrogens is 564 g/mol. The molecule has 6 aliphatic rings. The van der Waals surface area contributed by atoms with E-state index in [-0.39, 0.29) is 59.6 Å². The lowest BCUT2D eigenvalue weighted by atomic mass is 9.66. The largest absolute Gasteiger partial charge is 0.359 e. The van der Waals surface area contributed by atoms with E-state index in [9.17, 15) is 19.2 Å². The summed E-state index contributed by atoms with van der Waals surface area (Å²) < 4.78 is 0. The molecule has 9 rings (SSSR count). The molecule has 0 spiro atoms. The normalized spacial score (nSPS) is 32.5. The molecule has 8 atom stereocenters. The van der Waals surface area contributed by atoms with E-state index in [1.807, 2.05) is 84.9 Å². The molecule has 3 aromatic carbocycles. The van der Waals surface area contributed by atoms with Crippen molar-refractivity contribution in [3.8, 4) is 0 Å². The molecule has 8 heteroatoms. The zero-order valence-corrected chi connectivity index (χ0v) is 24.5. The van der Waals surface area contributed by atoms with Gasteiger partial charge in [-0.05, 0) is 91.3 Å². The summed E-state index contributed by atoms with van der Waals surface area (Å²) in [4.78, 5) is 58.3. The van der Waals surface area contributed by atoms with Gasteiger partial charge in [-0.1, -0.05) is 36.4 Å². The molecular formula is C37H32N4O4. The van der Waals surface area contributed by atoms with Crippen LogP contribution in [-0.2, 0) is 19.2 Å². The Hall–Kier alpha value is -4.98. The number of carbonyl (C=O) groups excluding carboxylic acids is 4. The van der Waals surface area contributed by atoms with Crippen LogP contribution < -0.4 is 15.5 Å². The number of amides is 4. The van der Waals surface area contributed by atoms with Gasteiger partial charge in [-0.25, -0.2) is 0 Å². The molecule has 0 radical (unpaired) electrons. The first-order valence-electron chi connectivity index (χ1n) is 15.9. The van der Waals surface area contributed by atoms with Crippen molar-refractivity contribution in [2.24, 2.45) is 47.3 Å². The van der Waals surface area contributed by atoms with Gasteiger partial charge >= 0.3 is 0 Å². The highest BCUT2D eigenvalue weighted by Gasteiger charge is 2.71. The van der Waals surface area contributed by atoms with Crippen molar-refractivity contribution < 1.29 is 19.2 Å². The van der Waals surface area contributed by atoms with E-state index in [1.54, 1.807) is 12.1 Å². The summed E-state index contributed by atoms with van der Waals surface area (Å²) in [5.41, 5.74) is 5.25. The van der Waals surface area contributed by atoms with Gasteiger partial charge in [0, 0.05) is 52.6 Å². The van der Waals surface area contributed by atoms with E-state index >= 15 is 0 Å². The zero-order chi connectivity index (χ0) is 30.4. The van der Waals surface area contributed by atoms with Crippen LogP contribution in [0.5, 0.6) is 0 Å². The Bertz CT molecular complexity index is 1820. The van der Waals surface area contributed by atoms with Crippen LogP contribution in [0.15, 0.2) is 108 Å². The molecule has 3 saturated carbocycles. The Morgan fingerprint density at radius 3 is 1.82 bits per heavy atom. The summed E-state index contributed by atoms with van der Waals surface area (Å²) in [6.07, 6.45) is 5.69. The SMILES string of the molecule is O=C1C2C3CC(C4C(=O)N(c5ccc(Nc6ccccc6)cc5)C(=O)CC34)C2C(=O)N1C1=CC=C(Nc2ccccc2)C2CC12. The molecule has 8 nitrogen and oxygen atoms in total. The highest BCUT2D eigenvalue weighted by atomic mass is 16.2. The maximum Gasteiger partial charge on any atom is 0.237 e. The smallest absolute Gasteiger partial charge is 0.237 e. The fraction of sp³-hybridized carbons (Fsp3) is 0.297. The predicted molar refractivity (Wildman–Crippen MR) is 169 cm³/mol. The van der Waals surface area contributed by atoms with Gasteiger partial charge in [0.25, 0.3) is 0 Å². The Morgan fingerprint density at radius 1 is 0.533 bits per heavy atom. The highest BCUT2D eigenvalue weighted by molar-refractivity contribution is 6.18.